The summed E-state index contributed by atoms with van der Waals surface area (Å²) >= 11 is 0. The quantitative estimate of drug-likeness (QED) is 0.0961. The van der Waals surface area contributed by atoms with Crippen molar-refractivity contribution in [2.75, 3.05) is 20.5 Å². The number of H-pyrrole nitrogens is 1. The Morgan fingerprint density at radius 2 is 1.77 bits per heavy atom. The van der Waals surface area contributed by atoms with Crippen LogP contribution in [0.15, 0.2) is 90.0 Å². The molecule has 10 heteroatoms. The molecule has 0 radical (unpaired) electrons. The average Bonchev–Trinajstić information content (AvgIpc) is 3.67. The van der Waals surface area contributed by atoms with E-state index >= 15 is 0 Å². The largest absolute Gasteiger partial charge is 0.495 e. The summed E-state index contributed by atoms with van der Waals surface area (Å²) in [6.45, 7) is 2.28. The van der Waals surface area contributed by atoms with E-state index in [1.54, 1.807) is 43.5 Å². The van der Waals surface area contributed by atoms with E-state index in [0.717, 1.165) is 16.5 Å². The van der Waals surface area contributed by atoms with Crippen molar-refractivity contribution in [3.63, 3.8) is 0 Å². The van der Waals surface area contributed by atoms with E-state index in [0.29, 0.717) is 51.9 Å². The lowest BCUT2D eigenvalue weighted by Crippen LogP contribution is -2.19. The zero-order valence-corrected chi connectivity index (χ0v) is 23.4. The van der Waals surface area contributed by atoms with Crippen LogP contribution in [0, 0.1) is 0 Å². The number of methoxy groups -OCH3 is 1. The van der Waals surface area contributed by atoms with Gasteiger partial charge in [-0.15, -0.1) is 0 Å². The molecule has 5 aromatic rings. The fourth-order valence-electron chi connectivity index (χ4n) is 4.80. The Morgan fingerprint density at radius 3 is 2.58 bits per heavy atom. The lowest BCUT2D eigenvalue weighted by atomic mass is 10.0. The fourth-order valence-corrected chi connectivity index (χ4v) is 4.80. The minimum atomic E-state index is -0.572. The van der Waals surface area contributed by atoms with Crippen LogP contribution in [0.2, 0.25) is 0 Å². The molecule has 1 aliphatic rings. The van der Waals surface area contributed by atoms with Gasteiger partial charge in [0.25, 0.3) is 5.91 Å². The second-order valence-electron chi connectivity index (χ2n) is 9.42. The zero-order chi connectivity index (χ0) is 29.8. The monoisotopic (exact) mass is 577 g/mol. The predicted molar refractivity (Wildman–Crippen MR) is 160 cm³/mol. The summed E-state index contributed by atoms with van der Waals surface area (Å²) in [4.78, 5) is 29.4. The first-order valence-corrected chi connectivity index (χ1v) is 13.5. The smallest absolute Gasteiger partial charge is 0.343 e. The maximum absolute atomic E-state index is 13.4. The second kappa shape index (κ2) is 12.0. The number of fused-ring (bicyclic) bond motifs is 2. The minimum absolute atomic E-state index is 0.108. The van der Waals surface area contributed by atoms with Gasteiger partial charge < -0.3 is 28.7 Å². The van der Waals surface area contributed by atoms with Gasteiger partial charge in [-0.2, -0.15) is 5.10 Å². The standard InChI is InChI=1S/C33H27N3O7/c1-3-40-27-16-20(12-14-25(27)43-33(38)22-13-15-24-28(17-22)42-19-41-24)18-34-36-32(37)31-29(21-8-5-4-6-9-21)23-10-7-11-26(39-2)30(23)35-31/h4-18,35H,3,19H2,1-2H3,(H,36,37). The van der Waals surface area contributed by atoms with Crippen LogP contribution in [0.5, 0.6) is 28.7 Å². The van der Waals surface area contributed by atoms with Gasteiger partial charge in [0.2, 0.25) is 6.79 Å². The molecule has 1 aromatic heterocycles. The van der Waals surface area contributed by atoms with Gasteiger partial charge in [-0.25, -0.2) is 10.2 Å². The SMILES string of the molecule is CCOc1cc(C=NNC(=O)c2[nH]c3c(OC)cccc3c2-c2ccccc2)ccc1OC(=O)c1ccc2c(c1)OCO2. The summed E-state index contributed by atoms with van der Waals surface area (Å²) in [5, 5.41) is 5.03. The van der Waals surface area contributed by atoms with Crippen molar-refractivity contribution in [2.24, 2.45) is 5.10 Å². The number of hydrazone groups is 1. The van der Waals surface area contributed by atoms with Crippen molar-refractivity contribution in [3.8, 4) is 39.9 Å². The van der Waals surface area contributed by atoms with E-state index < -0.39 is 11.9 Å². The summed E-state index contributed by atoms with van der Waals surface area (Å²) in [5.41, 5.74) is 6.22. The van der Waals surface area contributed by atoms with Crippen LogP contribution in [0.25, 0.3) is 22.0 Å². The van der Waals surface area contributed by atoms with E-state index in [-0.39, 0.29) is 12.5 Å². The van der Waals surface area contributed by atoms with E-state index in [1.165, 1.54) is 6.21 Å². The number of nitrogens with one attached hydrogen (secondary N) is 2. The third-order valence-corrected chi connectivity index (χ3v) is 6.76. The van der Waals surface area contributed by atoms with Crippen LogP contribution in [-0.2, 0) is 0 Å². The number of aromatic amines is 1. The van der Waals surface area contributed by atoms with Gasteiger partial charge in [0, 0.05) is 10.9 Å². The van der Waals surface area contributed by atoms with E-state index in [4.69, 9.17) is 23.7 Å². The van der Waals surface area contributed by atoms with E-state index in [2.05, 4.69) is 15.5 Å². The number of para-hydroxylation sites is 1. The van der Waals surface area contributed by atoms with Crippen molar-refractivity contribution in [1.82, 2.24) is 10.4 Å². The van der Waals surface area contributed by atoms with Crippen molar-refractivity contribution < 1.29 is 33.3 Å². The lowest BCUT2D eigenvalue weighted by Gasteiger charge is -2.11. The van der Waals surface area contributed by atoms with Gasteiger partial charge in [-0.3, -0.25) is 4.79 Å². The van der Waals surface area contributed by atoms with Crippen molar-refractivity contribution in [1.29, 1.82) is 0 Å². The number of ether oxygens (including phenoxy) is 5. The number of esters is 1. The molecule has 0 saturated heterocycles. The normalized spacial score (nSPS) is 12.0. The highest BCUT2D eigenvalue weighted by molar-refractivity contribution is 6.11. The molecule has 4 aromatic carbocycles. The number of nitrogens with zero attached hydrogens (tertiary/aromatic N) is 1. The highest BCUT2D eigenvalue weighted by Crippen LogP contribution is 2.37. The Kier molecular flexibility index (Phi) is 7.64. The number of hydrogen-bond acceptors (Lipinski definition) is 8. The van der Waals surface area contributed by atoms with Crippen LogP contribution >= 0.6 is 0 Å². The van der Waals surface area contributed by atoms with Crippen molar-refractivity contribution in [2.45, 2.75) is 6.92 Å². The number of benzene rings is 4. The summed E-state index contributed by atoms with van der Waals surface area (Å²) < 4.78 is 27.5. The molecule has 0 unspecified atom stereocenters. The maximum atomic E-state index is 13.4. The van der Waals surface area contributed by atoms with Crippen LogP contribution in [0.1, 0.15) is 33.3 Å². The van der Waals surface area contributed by atoms with Gasteiger partial charge in [0.15, 0.2) is 23.0 Å². The summed E-state index contributed by atoms with van der Waals surface area (Å²) in [7, 11) is 1.59. The Morgan fingerprint density at radius 1 is 0.930 bits per heavy atom. The molecule has 2 heterocycles. The molecule has 0 saturated carbocycles. The maximum Gasteiger partial charge on any atom is 0.343 e. The lowest BCUT2D eigenvalue weighted by molar-refractivity contribution is 0.0727. The highest BCUT2D eigenvalue weighted by atomic mass is 16.7. The third-order valence-electron chi connectivity index (χ3n) is 6.76. The number of carbonyl (C=O) groups is 2. The molecule has 216 valence electrons. The summed E-state index contributed by atoms with van der Waals surface area (Å²) in [6, 6.07) is 25.1. The first-order chi connectivity index (χ1) is 21.1. The minimum Gasteiger partial charge on any atom is -0.495 e. The second-order valence-corrected chi connectivity index (χ2v) is 9.42. The molecular weight excluding hydrogens is 550 g/mol. The highest BCUT2D eigenvalue weighted by Gasteiger charge is 2.21. The first-order valence-electron chi connectivity index (χ1n) is 13.5. The Bertz CT molecular complexity index is 1850. The third kappa shape index (κ3) is 5.58. The first kappa shape index (κ1) is 27.4. The van der Waals surface area contributed by atoms with Crippen molar-refractivity contribution in [3.05, 3.63) is 102 Å². The molecule has 0 bridgehead atoms. The average molecular weight is 578 g/mol. The number of aromatic nitrogens is 1. The van der Waals surface area contributed by atoms with Crippen LogP contribution in [-0.4, -0.2) is 43.6 Å². The van der Waals surface area contributed by atoms with Crippen LogP contribution < -0.4 is 29.1 Å². The molecule has 0 fully saturated rings. The Hall–Kier alpha value is -5.77. The van der Waals surface area contributed by atoms with Gasteiger partial charge in [0.05, 0.1) is 31.0 Å². The van der Waals surface area contributed by atoms with Gasteiger partial charge in [-0.05, 0) is 60.5 Å². The molecule has 0 aliphatic carbocycles. The van der Waals surface area contributed by atoms with Gasteiger partial charge in [-0.1, -0.05) is 42.5 Å². The zero-order valence-electron chi connectivity index (χ0n) is 23.4. The molecule has 1 amide bonds. The van der Waals surface area contributed by atoms with Gasteiger partial charge in [0.1, 0.15) is 11.4 Å². The molecule has 43 heavy (non-hydrogen) atoms. The molecule has 2 N–H and O–H groups in total. The molecule has 0 atom stereocenters. The summed E-state index contributed by atoms with van der Waals surface area (Å²) in [6.07, 6.45) is 1.48. The van der Waals surface area contributed by atoms with E-state index in [1.807, 2.05) is 55.5 Å². The number of amides is 1. The Balaban J connectivity index is 1.21. The Labute approximate surface area is 246 Å². The number of rotatable bonds is 9. The topological polar surface area (TPSA) is 120 Å². The van der Waals surface area contributed by atoms with E-state index in [9.17, 15) is 9.59 Å². The molecule has 10 nitrogen and oxygen atoms in total. The predicted octanol–water partition coefficient (Wildman–Crippen LogP) is 5.95. The van der Waals surface area contributed by atoms with Crippen LogP contribution in [0.4, 0.5) is 0 Å². The van der Waals surface area contributed by atoms with Crippen molar-refractivity contribution >= 4 is 29.0 Å². The molecule has 6 rings (SSSR count). The fraction of sp³-hybridized carbons (Fsp3) is 0.121. The van der Waals surface area contributed by atoms with Crippen LogP contribution in [0.3, 0.4) is 0 Å². The molecule has 0 spiro atoms. The number of hydrogen-bond donors (Lipinski definition) is 2. The summed E-state index contributed by atoms with van der Waals surface area (Å²) in [5.74, 6) is 1.27. The number of carbonyl (C=O) groups excluding carboxylic acids is 2. The molecule has 1 aliphatic heterocycles. The molecular formula is C33H27N3O7. The van der Waals surface area contributed by atoms with Gasteiger partial charge >= 0.3 is 5.97 Å².